The fraction of sp³-hybridized carbons (Fsp3) is 1.00. The second kappa shape index (κ2) is 7.38. The first-order valence-corrected chi connectivity index (χ1v) is 11.5. The Kier molecular flexibility index (Phi) is 9.59. The monoisotopic (exact) mass is 865 g/mol. The highest BCUT2D eigenvalue weighted by Crippen LogP contribution is 2.59. The summed E-state index contributed by atoms with van der Waals surface area (Å²) in [5.74, 6) is 0. The molecule has 0 aliphatic carbocycles. The minimum atomic E-state index is -0.427. The van der Waals surface area contributed by atoms with Gasteiger partial charge < -0.3 is 0 Å². The molecular formula is C6H4Br10. The summed E-state index contributed by atoms with van der Waals surface area (Å²) in [6.45, 7) is 0. The van der Waals surface area contributed by atoms with E-state index in [9.17, 15) is 0 Å². The summed E-state index contributed by atoms with van der Waals surface area (Å²) < 4.78 is -1.52. The van der Waals surface area contributed by atoms with E-state index in [4.69, 9.17) is 0 Å². The van der Waals surface area contributed by atoms with Crippen LogP contribution >= 0.6 is 159 Å². The van der Waals surface area contributed by atoms with Crippen LogP contribution in [-0.2, 0) is 0 Å². The van der Waals surface area contributed by atoms with Crippen LogP contribution in [0, 0.1) is 0 Å². The molecule has 0 saturated carbocycles. The van der Waals surface area contributed by atoms with Crippen LogP contribution in [0.2, 0.25) is 0 Å². The number of hydrogen-bond acceptors (Lipinski definition) is 0. The molecule has 10 heteroatoms. The average molecular weight is 875 g/mol. The van der Waals surface area contributed by atoms with E-state index in [1.54, 1.807) is 0 Å². The first-order valence-electron chi connectivity index (χ1n) is 3.60. The van der Waals surface area contributed by atoms with Gasteiger partial charge in [-0.3, -0.25) is 0 Å². The van der Waals surface area contributed by atoms with Gasteiger partial charge in [0.2, 0.25) is 0 Å². The Bertz CT molecular complexity index is 207. The molecule has 0 spiro atoms. The Balaban J connectivity index is 4.59. The molecule has 0 aliphatic heterocycles. The van der Waals surface area contributed by atoms with Crippen molar-refractivity contribution in [1.29, 1.82) is 0 Å². The Morgan fingerprint density at radius 1 is 0.438 bits per heavy atom. The topological polar surface area (TPSA) is 0 Å². The van der Waals surface area contributed by atoms with Gasteiger partial charge in [-0.05, 0) is 12.8 Å². The summed E-state index contributed by atoms with van der Waals surface area (Å²) in [7, 11) is 0. The Hall–Kier alpha value is 4.80. The molecule has 0 N–H and O–H groups in total. The fourth-order valence-electron chi connectivity index (χ4n) is 0.597. The lowest BCUT2D eigenvalue weighted by Gasteiger charge is -2.35. The van der Waals surface area contributed by atoms with Crippen LogP contribution in [0.25, 0.3) is 0 Å². The summed E-state index contributed by atoms with van der Waals surface area (Å²) in [5, 5.41) is 0. The number of alkyl halides is 10. The first-order chi connectivity index (χ1) is 6.71. The molecule has 0 rings (SSSR count). The van der Waals surface area contributed by atoms with Crippen molar-refractivity contribution in [3.8, 4) is 0 Å². The van der Waals surface area contributed by atoms with Crippen molar-refractivity contribution in [2.75, 3.05) is 0 Å². The van der Waals surface area contributed by atoms with E-state index in [-0.39, 0.29) is 6.47 Å². The predicted molar refractivity (Wildman–Crippen MR) is 109 cm³/mol. The van der Waals surface area contributed by atoms with Crippen LogP contribution in [0.5, 0.6) is 0 Å². The predicted octanol–water partition coefficient (Wildman–Crippen LogP) is 8.42. The van der Waals surface area contributed by atoms with Crippen LogP contribution in [0.15, 0.2) is 0 Å². The van der Waals surface area contributed by atoms with Gasteiger partial charge >= 0.3 is 0 Å². The van der Waals surface area contributed by atoms with Crippen molar-refractivity contribution in [3.63, 3.8) is 0 Å². The third-order valence-electron chi connectivity index (χ3n) is 1.58. The van der Waals surface area contributed by atoms with E-state index in [0.717, 1.165) is 12.8 Å². The van der Waals surface area contributed by atoms with Crippen molar-refractivity contribution in [1.82, 2.24) is 0 Å². The number of halogens is 10. The van der Waals surface area contributed by atoms with E-state index in [1.807, 2.05) is 0 Å². The zero-order valence-corrected chi connectivity index (χ0v) is 23.1. The SMILES string of the molecule is BrC(Br)(Br)C(Br)(Br)CCC(Br)(Br)C(Br)(Br)Br. The van der Waals surface area contributed by atoms with Crippen molar-refractivity contribution in [2.45, 2.75) is 23.6 Å². The lowest BCUT2D eigenvalue weighted by atomic mass is 10.2. The largest absolute Gasteiger partial charge is 0.159 e. The third kappa shape index (κ3) is 6.71. The van der Waals surface area contributed by atoms with Crippen LogP contribution in [-0.4, -0.2) is 10.8 Å². The summed E-state index contributed by atoms with van der Waals surface area (Å²) in [5.41, 5.74) is 0. The molecule has 0 aliphatic rings. The highest BCUT2D eigenvalue weighted by molar-refractivity contribution is 9.42. The van der Waals surface area contributed by atoms with Crippen LogP contribution in [0.4, 0.5) is 0 Å². The van der Waals surface area contributed by atoms with Crippen molar-refractivity contribution in [2.24, 2.45) is 0 Å². The van der Waals surface area contributed by atoms with Gasteiger partial charge in [0.25, 0.3) is 0 Å². The zero-order chi connectivity index (χ0) is 13.4. The minimum absolute atomic E-state index is 0.335. The molecule has 0 fully saturated rings. The lowest BCUT2D eigenvalue weighted by molar-refractivity contribution is 0.681. The molecule has 0 atom stereocenters. The molecule has 0 saturated heterocycles. The molecule has 0 nitrogen and oxygen atoms in total. The van der Waals surface area contributed by atoms with Gasteiger partial charge in [0.05, 0.1) is 0 Å². The summed E-state index contributed by atoms with van der Waals surface area (Å²) in [6, 6.07) is 0. The smallest absolute Gasteiger partial charge is 0.0692 e. The maximum atomic E-state index is 3.61. The maximum Gasteiger partial charge on any atom is 0.159 e. The Morgan fingerprint density at radius 2 is 0.625 bits per heavy atom. The quantitative estimate of drug-likeness (QED) is 0.250. The van der Waals surface area contributed by atoms with Gasteiger partial charge in [-0.15, -0.1) is 0 Å². The van der Waals surface area contributed by atoms with Crippen molar-refractivity contribution in [3.05, 3.63) is 0 Å². The van der Waals surface area contributed by atoms with Gasteiger partial charge in [-0.1, -0.05) is 159 Å². The molecular weight excluding hydrogens is 871 g/mol. The van der Waals surface area contributed by atoms with Crippen LogP contribution < -0.4 is 0 Å². The molecule has 0 bridgehead atoms. The van der Waals surface area contributed by atoms with Gasteiger partial charge in [0.1, 0.15) is 6.47 Å². The average Bonchev–Trinajstić information content (AvgIpc) is 1.97. The number of rotatable bonds is 3. The molecule has 0 unspecified atom stereocenters. The zero-order valence-electron chi connectivity index (χ0n) is 7.19. The molecule has 0 aromatic heterocycles. The van der Waals surface area contributed by atoms with Gasteiger partial charge in [0.15, 0.2) is 4.29 Å². The summed E-state index contributed by atoms with van der Waals surface area (Å²) >= 11 is 35.4. The second-order valence-electron chi connectivity index (χ2n) is 2.90. The highest BCUT2D eigenvalue weighted by atomic mass is 80.0. The second-order valence-corrected chi connectivity index (χ2v) is 24.0. The molecule has 0 radical (unpaired) electrons. The Labute approximate surface area is 179 Å². The normalized spacial score (nSPS) is 15.4. The maximum absolute atomic E-state index is 3.61. The first kappa shape index (κ1) is 20.8. The van der Waals surface area contributed by atoms with Gasteiger partial charge in [0, 0.05) is 0 Å². The van der Waals surface area contributed by atoms with E-state index in [0.29, 0.717) is 0 Å². The molecule has 0 amide bonds. The van der Waals surface area contributed by atoms with Gasteiger partial charge in [-0.2, -0.15) is 0 Å². The summed E-state index contributed by atoms with van der Waals surface area (Å²) in [6.07, 6.45) is 1.63. The van der Waals surface area contributed by atoms with E-state index < -0.39 is 4.29 Å². The lowest BCUT2D eigenvalue weighted by Crippen LogP contribution is -2.34. The third-order valence-corrected chi connectivity index (χ3v) is 16.0. The minimum Gasteiger partial charge on any atom is -0.0692 e. The van der Waals surface area contributed by atoms with E-state index in [1.165, 1.54) is 0 Å². The standard InChI is InChI=1S/C6H4Br10/c7-3(8,5(11,12)13)1-2-4(9,10)6(14,15)16/h1-2H2. The summed E-state index contributed by atoms with van der Waals surface area (Å²) in [4.78, 5) is 0. The Morgan fingerprint density at radius 3 is 0.750 bits per heavy atom. The molecule has 0 heterocycles. The molecule has 16 heavy (non-hydrogen) atoms. The fourth-order valence-corrected chi connectivity index (χ4v) is 2.58. The van der Waals surface area contributed by atoms with Crippen LogP contribution in [0.3, 0.4) is 0 Å². The molecule has 0 aromatic rings. The van der Waals surface area contributed by atoms with Crippen LogP contribution in [0.1, 0.15) is 12.8 Å². The molecule has 0 aromatic carbocycles. The van der Waals surface area contributed by atoms with Crippen molar-refractivity contribution >= 4 is 159 Å². The van der Waals surface area contributed by atoms with Crippen molar-refractivity contribution < 1.29 is 0 Å². The molecule has 98 valence electrons. The van der Waals surface area contributed by atoms with Gasteiger partial charge in [-0.25, -0.2) is 0 Å². The van der Waals surface area contributed by atoms with E-state index in [2.05, 4.69) is 159 Å². The number of hydrogen-bond donors (Lipinski definition) is 0. The van der Waals surface area contributed by atoms with E-state index >= 15 is 0 Å². The highest BCUT2D eigenvalue weighted by Gasteiger charge is 2.48.